The van der Waals surface area contributed by atoms with Gasteiger partial charge in [-0.3, -0.25) is 0 Å². The molecule has 0 saturated carbocycles. The van der Waals surface area contributed by atoms with E-state index in [1.165, 1.54) is 19.2 Å². The SMILES string of the molecule is COc1c(-c2noc(CN)n2)ccc(O)c1F. The lowest BCUT2D eigenvalue weighted by atomic mass is 10.1. The summed E-state index contributed by atoms with van der Waals surface area (Å²) in [6.07, 6.45) is 0. The molecule has 1 aromatic heterocycles. The third-order valence-electron chi connectivity index (χ3n) is 2.16. The van der Waals surface area contributed by atoms with Gasteiger partial charge in [0, 0.05) is 0 Å². The highest BCUT2D eigenvalue weighted by Crippen LogP contribution is 2.34. The number of aromatic nitrogens is 2. The molecule has 7 heteroatoms. The predicted octanol–water partition coefficient (Wildman–Crippen LogP) is 1.05. The highest BCUT2D eigenvalue weighted by Gasteiger charge is 2.18. The second-order valence-corrected chi connectivity index (χ2v) is 3.20. The molecular weight excluding hydrogens is 229 g/mol. The summed E-state index contributed by atoms with van der Waals surface area (Å²) in [5.41, 5.74) is 5.61. The van der Waals surface area contributed by atoms with Gasteiger partial charge in [-0.2, -0.15) is 9.37 Å². The molecule has 0 spiro atoms. The molecule has 0 aliphatic carbocycles. The van der Waals surface area contributed by atoms with Crippen LogP contribution in [0.4, 0.5) is 4.39 Å². The Balaban J connectivity index is 2.55. The number of ether oxygens (including phenoxy) is 1. The highest BCUT2D eigenvalue weighted by atomic mass is 19.1. The standard InChI is InChI=1S/C10H10FN3O3/c1-16-9-5(2-3-6(15)8(9)11)10-13-7(4-12)17-14-10/h2-3,15H,4,12H2,1H3. The van der Waals surface area contributed by atoms with E-state index in [4.69, 9.17) is 15.0 Å². The molecule has 1 aromatic carbocycles. The third kappa shape index (κ3) is 1.92. The minimum atomic E-state index is -0.871. The van der Waals surface area contributed by atoms with E-state index in [1.54, 1.807) is 0 Å². The van der Waals surface area contributed by atoms with Gasteiger partial charge in [0.05, 0.1) is 19.2 Å². The van der Waals surface area contributed by atoms with Crippen molar-refractivity contribution in [2.75, 3.05) is 7.11 Å². The summed E-state index contributed by atoms with van der Waals surface area (Å²) in [5, 5.41) is 12.9. The highest BCUT2D eigenvalue weighted by molar-refractivity contribution is 5.65. The maximum absolute atomic E-state index is 13.6. The number of nitrogens with two attached hydrogens (primary N) is 1. The first-order valence-electron chi connectivity index (χ1n) is 4.75. The number of hydrogen-bond acceptors (Lipinski definition) is 6. The van der Waals surface area contributed by atoms with E-state index >= 15 is 0 Å². The van der Waals surface area contributed by atoms with Crippen LogP contribution in [-0.4, -0.2) is 22.4 Å². The minimum absolute atomic E-state index is 0.0931. The average molecular weight is 239 g/mol. The zero-order chi connectivity index (χ0) is 12.4. The van der Waals surface area contributed by atoms with Crippen LogP contribution in [0.2, 0.25) is 0 Å². The number of nitrogens with zero attached hydrogens (tertiary/aromatic N) is 2. The molecule has 17 heavy (non-hydrogen) atoms. The van der Waals surface area contributed by atoms with Gasteiger partial charge in [-0.05, 0) is 12.1 Å². The Morgan fingerprint density at radius 1 is 1.53 bits per heavy atom. The normalized spacial score (nSPS) is 10.5. The lowest BCUT2D eigenvalue weighted by molar-refractivity contribution is 0.364. The van der Waals surface area contributed by atoms with Crippen LogP contribution in [0, 0.1) is 5.82 Å². The molecule has 0 amide bonds. The summed E-state index contributed by atoms with van der Waals surface area (Å²) >= 11 is 0. The monoisotopic (exact) mass is 239 g/mol. The van der Waals surface area contributed by atoms with Crippen LogP contribution in [0.25, 0.3) is 11.4 Å². The summed E-state index contributed by atoms with van der Waals surface area (Å²) in [5.74, 6) is -1.14. The summed E-state index contributed by atoms with van der Waals surface area (Å²) in [4.78, 5) is 3.95. The largest absolute Gasteiger partial charge is 0.505 e. The third-order valence-corrected chi connectivity index (χ3v) is 2.16. The number of phenolic OH excluding ortho intramolecular Hbond substituents is 1. The molecule has 0 bridgehead atoms. The molecule has 2 aromatic rings. The van der Waals surface area contributed by atoms with Gasteiger partial charge in [-0.1, -0.05) is 5.16 Å². The topological polar surface area (TPSA) is 94.4 Å². The van der Waals surface area contributed by atoms with Crippen LogP contribution in [-0.2, 0) is 6.54 Å². The molecule has 90 valence electrons. The molecule has 0 aliphatic heterocycles. The van der Waals surface area contributed by atoms with Gasteiger partial charge in [0.1, 0.15) is 0 Å². The molecule has 0 unspecified atom stereocenters. The van der Waals surface area contributed by atoms with Gasteiger partial charge in [0.2, 0.25) is 17.5 Å². The van der Waals surface area contributed by atoms with Crippen LogP contribution in [0.1, 0.15) is 5.89 Å². The Bertz CT molecular complexity index is 542. The van der Waals surface area contributed by atoms with Crippen molar-refractivity contribution in [1.82, 2.24) is 10.1 Å². The lowest BCUT2D eigenvalue weighted by Gasteiger charge is -2.07. The number of hydrogen-bond donors (Lipinski definition) is 2. The molecule has 6 nitrogen and oxygen atoms in total. The van der Waals surface area contributed by atoms with Crippen molar-refractivity contribution >= 4 is 0 Å². The number of benzene rings is 1. The summed E-state index contributed by atoms with van der Waals surface area (Å²) in [7, 11) is 1.28. The van der Waals surface area contributed by atoms with Crippen molar-refractivity contribution in [3.05, 3.63) is 23.8 Å². The minimum Gasteiger partial charge on any atom is -0.505 e. The lowest BCUT2D eigenvalue weighted by Crippen LogP contribution is -1.96. The molecule has 0 saturated heterocycles. The number of methoxy groups -OCH3 is 1. The molecule has 0 aliphatic rings. The Morgan fingerprint density at radius 3 is 2.88 bits per heavy atom. The van der Waals surface area contributed by atoms with E-state index in [0.29, 0.717) is 0 Å². The zero-order valence-corrected chi connectivity index (χ0v) is 8.98. The first-order valence-corrected chi connectivity index (χ1v) is 4.75. The molecule has 1 heterocycles. The van der Waals surface area contributed by atoms with Crippen molar-refractivity contribution < 1.29 is 18.8 Å². The van der Waals surface area contributed by atoms with Crippen molar-refractivity contribution in [2.45, 2.75) is 6.54 Å². The Morgan fingerprint density at radius 2 is 2.29 bits per heavy atom. The quantitative estimate of drug-likeness (QED) is 0.831. The van der Waals surface area contributed by atoms with Gasteiger partial charge in [-0.25, -0.2) is 0 Å². The van der Waals surface area contributed by atoms with Crippen LogP contribution in [0.3, 0.4) is 0 Å². The Labute approximate surface area is 95.8 Å². The Hall–Kier alpha value is -2.15. The average Bonchev–Trinajstić information content (AvgIpc) is 2.81. The number of rotatable bonds is 3. The summed E-state index contributed by atoms with van der Waals surface area (Å²) in [6.45, 7) is 0.0931. The summed E-state index contributed by atoms with van der Waals surface area (Å²) < 4.78 is 23.2. The van der Waals surface area contributed by atoms with Crippen LogP contribution in [0.5, 0.6) is 11.5 Å². The predicted molar refractivity (Wildman–Crippen MR) is 55.8 cm³/mol. The van der Waals surface area contributed by atoms with E-state index in [2.05, 4.69) is 10.1 Å². The van der Waals surface area contributed by atoms with E-state index in [9.17, 15) is 9.50 Å². The van der Waals surface area contributed by atoms with Crippen LogP contribution in [0.15, 0.2) is 16.7 Å². The zero-order valence-electron chi connectivity index (χ0n) is 8.98. The van der Waals surface area contributed by atoms with Gasteiger partial charge in [0.25, 0.3) is 0 Å². The van der Waals surface area contributed by atoms with Crippen molar-refractivity contribution in [1.29, 1.82) is 0 Å². The van der Waals surface area contributed by atoms with Crippen LogP contribution >= 0.6 is 0 Å². The second kappa shape index (κ2) is 4.38. The van der Waals surface area contributed by atoms with Crippen molar-refractivity contribution in [3.63, 3.8) is 0 Å². The number of aromatic hydroxyl groups is 1. The number of halogens is 1. The van der Waals surface area contributed by atoms with Crippen LogP contribution < -0.4 is 10.5 Å². The number of phenols is 1. The van der Waals surface area contributed by atoms with Gasteiger partial charge in [-0.15, -0.1) is 0 Å². The summed E-state index contributed by atoms with van der Waals surface area (Å²) in [6, 6.07) is 2.62. The van der Waals surface area contributed by atoms with E-state index in [1.807, 2.05) is 0 Å². The van der Waals surface area contributed by atoms with E-state index in [-0.39, 0.29) is 29.6 Å². The maximum atomic E-state index is 13.6. The molecule has 2 rings (SSSR count). The first-order chi connectivity index (χ1) is 8.17. The van der Waals surface area contributed by atoms with E-state index in [0.717, 1.165) is 0 Å². The molecule has 0 radical (unpaired) electrons. The molecule has 0 fully saturated rings. The van der Waals surface area contributed by atoms with Gasteiger partial charge >= 0.3 is 0 Å². The molecule has 0 atom stereocenters. The van der Waals surface area contributed by atoms with Gasteiger partial charge < -0.3 is 20.1 Å². The second-order valence-electron chi connectivity index (χ2n) is 3.20. The maximum Gasteiger partial charge on any atom is 0.240 e. The smallest absolute Gasteiger partial charge is 0.240 e. The fraction of sp³-hybridized carbons (Fsp3) is 0.200. The Kier molecular flexibility index (Phi) is 2.92. The van der Waals surface area contributed by atoms with Gasteiger partial charge in [0.15, 0.2) is 11.5 Å². The molecular formula is C10H10FN3O3. The van der Waals surface area contributed by atoms with Crippen molar-refractivity contribution in [2.24, 2.45) is 5.73 Å². The molecule has 3 N–H and O–H groups in total. The van der Waals surface area contributed by atoms with Crippen molar-refractivity contribution in [3.8, 4) is 22.9 Å². The first kappa shape index (κ1) is 11.3. The van der Waals surface area contributed by atoms with E-state index < -0.39 is 11.6 Å². The fourth-order valence-corrected chi connectivity index (χ4v) is 1.37. The fourth-order valence-electron chi connectivity index (χ4n) is 1.37.